The van der Waals surface area contributed by atoms with E-state index in [0.717, 1.165) is 0 Å². The quantitative estimate of drug-likeness (QED) is 0.410. The Morgan fingerprint density at radius 3 is 2.60 bits per heavy atom. The van der Waals surface area contributed by atoms with E-state index in [1.54, 1.807) is 13.0 Å². The molecule has 1 unspecified atom stereocenters. The number of fused-ring (bicyclic) bond motifs is 5. The van der Waals surface area contributed by atoms with Gasteiger partial charge in [0.1, 0.15) is 6.61 Å². The van der Waals surface area contributed by atoms with Gasteiger partial charge in [0.15, 0.2) is 17.2 Å². The molecule has 8 nitrogen and oxygen atoms in total. The molecular formula is C25H33FO8S. The van der Waals surface area contributed by atoms with Crippen molar-refractivity contribution in [2.45, 2.75) is 64.6 Å². The Hall–Kier alpha value is -1.91. The summed E-state index contributed by atoms with van der Waals surface area (Å²) in [5, 5.41) is 11.3. The topological polar surface area (TPSA) is 135 Å². The SMILES string of the molecule is C[C@@H]1C[C@H]2[C@@H]3CCC4=CC(=O)C=C[C@]4(C)C3(F)[C@@H](O)C[C@]2(C)[C@H]1C(=O)COC(=O)CCS(=O)(=O)O. The summed E-state index contributed by atoms with van der Waals surface area (Å²) in [6.45, 7) is 5.01. The number of halogens is 1. The molecule has 0 aromatic carbocycles. The van der Waals surface area contributed by atoms with Crippen LogP contribution in [0.3, 0.4) is 0 Å². The zero-order chi connectivity index (χ0) is 26.0. The lowest BCUT2D eigenvalue weighted by Gasteiger charge is -2.61. The number of hydrogen-bond donors (Lipinski definition) is 2. The number of allylic oxidation sites excluding steroid dienone is 4. The molecule has 0 aromatic rings. The molecule has 0 bridgehead atoms. The highest BCUT2D eigenvalue weighted by Crippen LogP contribution is 2.69. The molecule has 8 atom stereocenters. The second-order valence-electron chi connectivity index (χ2n) is 11.2. The van der Waals surface area contributed by atoms with E-state index in [1.165, 1.54) is 12.2 Å². The fourth-order valence-electron chi connectivity index (χ4n) is 7.79. The van der Waals surface area contributed by atoms with E-state index in [1.807, 2.05) is 13.8 Å². The van der Waals surface area contributed by atoms with Crippen LogP contribution in [0, 0.1) is 34.5 Å². The summed E-state index contributed by atoms with van der Waals surface area (Å²) in [5.41, 5.74) is -3.08. The third-order valence-corrected chi connectivity index (χ3v) is 9.99. The third kappa shape index (κ3) is 4.11. The molecule has 10 heteroatoms. The third-order valence-electron chi connectivity index (χ3n) is 9.27. The molecule has 0 aliphatic heterocycles. The first-order chi connectivity index (χ1) is 16.1. The van der Waals surface area contributed by atoms with E-state index < -0.39 is 69.3 Å². The molecule has 194 valence electrons. The first kappa shape index (κ1) is 26.2. The maximum Gasteiger partial charge on any atom is 0.307 e. The largest absolute Gasteiger partial charge is 0.458 e. The minimum atomic E-state index is -4.32. The van der Waals surface area contributed by atoms with E-state index in [9.17, 15) is 27.9 Å². The highest BCUT2D eigenvalue weighted by atomic mass is 32.2. The van der Waals surface area contributed by atoms with E-state index in [2.05, 4.69) is 0 Å². The van der Waals surface area contributed by atoms with Crippen molar-refractivity contribution < 1.29 is 41.6 Å². The van der Waals surface area contributed by atoms with Gasteiger partial charge in [0, 0.05) is 17.3 Å². The predicted molar refractivity (Wildman–Crippen MR) is 123 cm³/mol. The summed E-state index contributed by atoms with van der Waals surface area (Å²) in [4.78, 5) is 37.0. The van der Waals surface area contributed by atoms with Gasteiger partial charge < -0.3 is 9.84 Å². The van der Waals surface area contributed by atoms with Gasteiger partial charge in [0.05, 0.1) is 18.3 Å². The van der Waals surface area contributed by atoms with Crippen LogP contribution in [0.25, 0.3) is 0 Å². The molecule has 35 heavy (non-hydrogen) atoms. The van der Waals surface area contributed by atoms with Gasteiger partial charge in [0.2, 0.25) is 0 Å². The van der Waals surface area contributed by atoms with Crippen LogP contribution in [0.5, 0.6) is 0 Å². The Balaban J connectivity index is 1.55. The highest BCUT2D eigenvalue weighted by Gasteiger charge is 2.71. The smallest absolute Gasteiger partial charge is 0.307 e. The highest BCUT2D eigenvalue weighted by molar-refractivity contribution is 7.85. The predicted octanol–water partition coefficient (Wildman–Crippen LogP) is 2.61. The lowest BCUT2D eigenvalue weighted by Crippen LogP contribution is -2.66. The number of alkyl halides is 1. The van der Waals surface area contributed by atoms with Gasteiger partial charge in [-0.05, 0) is 62.0 Å². The van der Waals surface area contributed by atoms with E-state index >= 15 is 4.39 Å². The normalized spacial score (nSPS) is 42.5. The Morgan fingerprint density at radius 2 is 1.94 bits per heavy atom. The Morgan fingerprint density at radius 1 is 1.26 bits per heavy atom. The number of aliphatic hydroxyl groups excluding tert-OH is 1. The number of ether oxygens (including phenoxy) is 1. The van der Waals surface area contributed by atoms with Gasteiger partial charge in [-0.3, -0.25) is 18.9 Å². The summed E-state index contributed by atoms with van der Waals surface area (Å²) in [7, 11) is -4.32. The number of carbonyl (C=O) groups is 3. The Bertz CT molecular complexity index is 1110. The molecule has 0 heterocycles. The van der Waals surface area contributed by atoms with Gasteiger partial charge in [-0.2, -0.15) is 8.42 Å². The molecule has 0 radical (unpaired) electrons. The lowest BCUT2D eigenvalue weighted by atomic mass is 9.45. The molecule has 0 saturated heterocycles. The number of Topliss-reactive ketones (excluding diaryl/α,β-unsaturated/α-hetero) is 1. The number of esters is 1. The first-order valence-electron chi connectivity index (χ1n) is 12.1. The lowest BCUT2D eigenvalue weighted by molar-refractivity contribution is -0.196. The minimum Gasteiger partial charge on any atom is -0.458 e. The molecule has 4 aliphatic rings. The number of rotatable bonds is 6. The molecule has 0 amide bonds. The average molecular weight is 513 g/mol. The molecular weight excluding hydrogens is 479 g/mol. The van der Waals surface area contributed by atoms with Crippen LogP contribution >= 0.6 is 0 Å². The molecule has 4 rings (SSSR count). The van der Waals surface area contributed by atoms with Crippen LogP contribution in [0.4, 0.5) is 4.39 Å². The summed E-state index contributed by atoms with van der Waals surface area (Å²) in [6.07, 6.45) is 4.19. The van der Waals surface area contributed by atoms with Crippen LogP contribution in [0.2, 0.25) is 0 Å². The zero-order valence-electron chi connectivity index (χ0n) is 20.2. The van der Waals surface area contributed by atoms with Gasteiger partial charge >= 0.3 is 5.97 Å². The van der Waals surface area contributed by atoms with Crippen molar-refractivity contribution in [3.63, 3.8) is 0 Å². The zero-order valence-corrected chi connectivity index (χ0v) is 21.0. The van der Waals surface area contributed by atoms with Crippen molar-refractivity contribution in [1.29, 1.82) is 0 Å². The molecule has 0 aromatic heterocycles. The molecule has 3 fully saturated rings. The maximum atomic E-state index is 17.1. The fraction of sp³-hybridized carbons (Fsp3) is 0.720. The van der Waals surface area contributed by atoms with Crippen molar-refractivity contribution in [2.75, 3.05) is 12.4 Å². The first-order valence-corrected chi connectivity index (χ1v) is 13.7. The van der Waals surface area contributed by atoms with E-state index in [0.29, 0.717) is 24.8 Å². The molecule has 3 saturated carbocycles. The summed E-state index contributed by atoms with van der Waals surface area (Å²) < 4.78 is 52.5. The summed E-state index contributed by atoms with van der Waals surface area (Å²) >= 11 is 0. The number of aliphatic hydroxyl groups is 1. The second-order valence-corrected chi connectivity index (χ2v) is 12.8. The van der Waals surface area contributed by atoms with Gasteiger partial charge in [0.25, 0.3) is 10.1 Å². The van der Waals surface area contributed by atoms with Crippen molar-refractivity contribution in [3.05, 3.63) is 23.8 Å². The molecule has 0 spiro atoms. The van der Waals surface area contributed by atoms with Crippen molar-refractivity contribution in [1.82, 2.24) is 0 Å². The van der Waals surface area contributed by atoms with Crippen molar-refractivity contribution in [2.24, 2.45) is 34.5 Å². The number of hydrogen-bond acceptors (Lipinski definition) is 7. The molecule has 2 N–H and O–H groups in total. The second kappa shape index (κ2) is 8.59. The van der Waals surface area contributed by atoms with Crippen LogP contribution in [0.15, 0.2) is 23.8 Å². The van der Waals surface area contributed by atoms with Crippen LogP contribution in [-0.2, 0) is 29.2 Å². The number of ketones is 2. The maximum absolute atomic E-state index is 17.1. The minimum absolute atomic E-state index is 0.0623. The summed E-state index contributed by atoms with van der Waals surface area (Å²) in [6, 6.07) is 0. The standard InChI is InChI=1S/C25H33FO8S/c1-14-10-18-17-5-4-15-11-16(27)6-8-24(15,3)25(17,26)20(29)12-23(18,2)22(14)19(28)13-34-21(30)7-9-35(31,32)33/h6,8,11,14,17-18,20,22,29H,4-5,7,9-10,12-13H2,1-3H3,(H,31,32,33)/t14-,17+,18+,20+,22-,23+,24+,25?/m1/s1. The molecule has 4 aliphatic carbocycles. The van der Waals surface area contributed by atoms with Crippen LogP contribution in [-0.4, -0.2) is 59.7 Å². The van der Waals surface area contributed by atoms with Crippen molar-refractivity contribution in [3.8, 4) is 0 Å². The Kier molecular flexibility index (Phi) is 6.42. The summed E-state index contributed by atoms with van der Waals surface area (Å²) in [5.74, 6) is -3.60. The van der Waals surface area contributed by atoms with Gasteiger partial charge in [-0.15, -0.1) is 0 Å². The Labute approximate surface area is 204 Å². The van der Waals surface area contributed by atoms with E-state index in [4.69, 9.17) is 9.29 Å². The monoisotopic (exact) mass is 512 g/mol. The van der Waals surface area contributed by atoms with E-state index in [-0.39, 0.29) is 29.8 Å². The van der Waals surface area contributed by atoms with Crippen molar-refractivity contribution >= 4 is 27.7 Å². The average Bonchev–Trinajstić information content (AvgIpc) is 3.01. The number of carbonyl (C=O) groups excluding carboxylic acids is 3. The van der Waals surface area contributed by atoms with Crippen LogP contribution in [0.1, 0.15) is 52.9 Å². The van der Waals surface area contributed by atoms with Crippen LogP contribution < -0.4 is 0 Å². The van der Waals surface area contributed by atoms with Gasteiger partial charge in [-0.25, -0.2) is 4.39 Å². The van der Waals surface area contributed by atoms with Gasteiger partial charge in [-0.1, -0.05) is 25.5 Å². The fourth-order valence-corrected chi connectivity index (χ4v) is 8.21.